The lowest BCUT2D eigenvalue weighted by atomic mass is 9.93. The first-order valence-corrected chi connectivity index (χ1v) is 7.32. The maximum Gasteiger partial charge on any atom is 0.246 e. The van der Waals surface area contributed by atoms with Gasteiger partial charge in [0.25, 0.3) is 0 Å². The van der Waals surface area contributed by atoms with Crippen LogP contribution < -0.4 is 5.32 Å². The Labute approximate surface area is 129 Å². The smallest absolute Gasteiger partial charge is 0.246 e. The molecule has 21 heavy (non-hydrogen) atoms. The van der Waals surface area contributed by atoms with Crippen LogP contribution in [0.4, 0.5) is 0 Å². The van der Waals surface area contributed by atoms with Gasteiger partial charge in [0, 0.05) is 18.5 Å². The number of rotatable bonds is 4. The van der Waals surface area contributed by atoms with Crippen LogP contribution in [-0.2, 0) is 16.0 Å². The molecule has 2 rings (SSSR count). The van der Waals surface area contributed by atoms with Crippen molar-refractivity contribution in [2.24, 2.45) is 0 Å². The van der Waals surface area contributed by atoms with Gasteiger partial charge in [-0.05, 0) is 19.4 Å². The molecule has 4 nitrogen and oxygen atoms in total. The van der Waals surface area contributed by atoms with Gasteiger partial charge in [0.2, 0.25) is 11.8 Å². The molecular formula is C16H19ClN2O2. The molecule has 1 N–H and O–H groups in total. The van der Waals surface area contributed by atoms with E-state index in [9.17, 15) is 9.59 Å². The first kappa shape index (κ1) is 15.6. The van der Waals surface area contributed by atoms with E-state index in [2.05, 4.69) is 5.32 Å². The maximum absolute atomic E-state index is 12.6. The molecule has 1 saturated heterocycles. The number of amides is 2. The quantitative estimate of drug-likeness (QED) is 0.926. The molecule has 112 valence electrons. The lowest BCUT2D eigenvalue weighted by Crippen LogP contribution is -2.68. The number of hydrogen-bond acceptors (Lipinski definition) is 2. The minimum Gasteiger partial charge on any atom is -0.342 e. The number of carbonyl (C=O) groups is 2. The Balaban J connectivity index is 2.21. The van der Waals surface area contributed by atoms with Crippen LogP contribution in [-0.4, -0.2) is 34.8 Å². The molecule has 1 unspecified atom stereocenters. The Kier molecular flexibility index (Phi) is 4.68. The van der Waals surface area contributed by atoms with Gasteiger partial charge in [-0.15, -0.1) is 0 Å². The standard InChI is InChI=1S/C16H19ClN2O2/c1-16(2)15(21)18-13(11-12-7-4-3-5-8-12)14(20)19(16)10-6-9-17/h3-9,13H,10-11H2,1-2H3,(H,18,21)/b9-6+. The fourth-order valence-electron chi connectivity index (χ4n) is 2.43. The fraction of sp³-hybridized carbons (Fsp3) is 0.375. The van der Waals surface area contributed by atoms with Gasteiger partial charge >= 0.3 is 0 Å². The van der Waals surface area contributed by atoms with E-state index in [1.54, 1.807) is 24.8 Å². The van der Waals surface area contributed by atoms with Gasteiger partial charge in [-0.25, -0.2) is 0 Å². The molecule has 1 aromatic carbocycles. The molecule has 1 aromatic rings. The maximum atomic E-state index is 12.6. The first-order valence-electron chi connectivity index (χ1n) is 6.88. The summed E-state index contributed by atoms with van der Waals surface area (Å²) in [7, 11) is 0. The average molecular weight is 307 g/mol. The molecule has 1 heterocycles. The van der Waals surface area contributed by atoms with E-state index in [0.29, 0.717) is 13.0 Å². The Hall–Kier alpha value is -1.81. The highest BCUT2D eigenvalue weighted by Crippen LogP contribution is 2.22. The monoisotopic (exact) mass is 306 g/mol. The number of piperazine rings is 1. The summed E-state index contributed by atoms with van der Waals surface area (Å²) in [5, 5.41) is 2.82. The molecule has 1 aliphatic heterocycles. The van der Waals surface area contributed by atoms with Crippen LogP contribution in [0.3, 0.4) is 0 Å². The Morgan fingerprint density at radius 3 is 2.57 bits per heavy atom. The SMILES string of the molecule is CC1(C)C(=O)NC(Cc2ccccc2)C(=O)N1C/C=C/Cl. The number of nitrogens with zero attached hydrogens (tertiary/aromatic N) is 1. The van der Waals surface area contributed by atoms with Crippen molar-refractivity contribution in [1.29, 1.82) is 0 Å². The number of halogens is 1. The second-order valence-electron chi connectivity index (χ2n) is 5.59. The predicted molar refractivity (Wildman–Crippen MR) is 82.9 cm³/mol. The van der Waals surface area contributed by atoms with E-state index in [-0.39, 0.29) is 11.8 Å². The molecule has 2 amide bonds. The van der Waals surface area contributed by atoms with Crippen molar-refractivity contribution in [2.45, 2.75) is 31.8 Å². The van der Waals surface area contributed by atoms with E-state index in [0.717, 1.165) is 5.56 Å². The summed E-state index contributed by atoms with van der Waals surface area (Å²) in [6, 6.07) is 9.12. The van der Waals surface area contributed by atoms with Crippen molar-refractivity contribution in [1.82, 2.24) is 10.2 Å². The number of nitrogens with one attached hydrogen (secondary N) is 1. The molecule has 0 aliphatic carbocycles. The van der Waals surface area contributed by atoms with E-state index in [4.69, 9.17) is 11.6 Å². The van der Waals surface area contributed by atoms with Crippen LogP contribution in [0.2, 0.25) is 0 Å². The lowest BCUT2D eigenvalue weighted by molar-refractivity contribution is -0.154. The van der Waals surface area contributed by atoms with Crippen LogP contribution in [0.5, 0.6) is 0 Å². The van der Waals surface area contributed by atoms with Gasteiger partial charge in [-0.1, -0.05) is 48.0 Å². The first-order chi connectivity index (χ1) is 9.96. The highest BCUT2D eigenvalue weighted by molar-refractivity contribution is 6.25. The topological polar surface area (TPSA) is 49.4 Å². The van der Waals surface area contributed by atoms with Crippen molar-refractivity contribution >= 4 is 23.4 Å². The van der Waals surface area contributed by atoms with Crippen LogP contribution in [0, 0.1) is 0 Å². The third-order valence-electron chi connectivity index (χ3n) is 3.76. The Morgan fingerprint density at radius 2 is 1.95 bits per heavy atom. The van der Waals surface area contributed by atoms with E-state index < -0.39 is 11.6 Å². The van der Waals surface area contributed by atoms with E-state index in [1.807, 2.05) is 30.3 Å². The molecule has 1 aliphatic rings. The Morgan fingerprint density at radius 1 is 1.29 bits per heavy atom. The van der Waals surface area contributed by atoms with Gasteiger partial charge < -0.3 is 10.2 Å². The summed E-state index contributed by atoms with van der Waals surface area (Å²) in [4.78, 5) is 26.5. The summed E-state index contributed by atoms with van der Waals surface area (Å²) in [5.74, 6) is -0.232. The second kappa shape index (κ2) is 6.31. The third kappa shape index (κ3) is 3.27. The zero-order chi connectivity index (χ0) is 15.5. The minimum absolute atomic E-state index is 0.0850. The van der Waals surface area contributed by atoms with Crippen molar-refractivity contribution in [3.05, 3.63) is 47.5 Å². The van der Waals surface area contributed by atoms with Gasteiger partial charge in [0.15, 0.2) is 0 Å². The van der Waals surface area contributed by atoms with Crippen LogP contribution in [0.15, 0.2) is 41.9 Å². The molecule has 1 fully saturated rings. The van der Waals surface area contributed by atoms with E-state index >= 15 is 0 Å². The normalized spacial score (nSPS) is 21.7. The van der Waals surface area contributed by atoms with Crippen LogP contribution in [0.1, 0.15) is 19.4 Å². The second-order valence-corrected chi connectivity index (χ2v) is 5.84. The summed E-state index contributed by atoms with van der Waals surface area (Å²) in [6.45, 7) is 3.80. The van der Waals surface area contributed by atoms with Crippen molar-refractivity contribution in [3.63, 3.8) is 0 Å². The highest BCUT2D eigenvalue weighted by Gasteiger charge is 2.45. The summed E-state index contributed by atoms with van der Waals surface area (Å²) >= 11 is 5.55. The van der Waals surface area contributed by atoms with Crippen molar-refractivity contribution in [2.75, 3.05) is 6.54 Å². The van der Waals surface area contributed by atoms with Gasteiger partial charge in [0.05, 0.1) is 0 Å². The molecular weight excluding hydrogens is 288 g/mol. The van der Waals surface area contributed by atoms with Crippen molar-refractivity contribution in [3.8, 4) is 0 Å². The van der Waals surface area contributed by atoms with Crippen LogP contribution in [0.25, 0.3) is 0 Å². The molecule has 0 saturated carbocycles. The minimum atomic E-state index is -0.874. The average Bonchev–Trinajstić information content (AvgIpc) is 2.46. The van der Waals surface area contributed by atoms with E-state index in [1.165, 1.54) is 5.54 Å². The van der Waals surface area contributed by atoms with Gasteiger partial charge in [-0.2, -0.15) is 0 Å². The zero-order valence-corrected chi connectivity index (χ0v) is 12.9. The summed E-state index contributed by atoms with van der Waals surface area (Å²) in [5.41, 5.74) is 1.51. The lowest BCUT2D eigenvalue weighted by Gasteiger charge is -2.43. The molecule has 0 bridgehead atoms. The fourth-order valence-corrected chi connectivity index (χ4v) is 2.51. The van der Waals surface area contributed by atoms with Gasteiger partial charge in [0.1, 0.15) is 11.6 Å². The highest BCUT2D eigenvalue weighted by atomic mass is 35.5. The van der Waals surface area contributed by atoms with Crippen molar-refractivity contribution < 1.29 is 9.59 Å². The molecule has 0 aromatic heterocycles. The number of hydrogen-bond donors (Lipinski definition) is 1. The van der Waals surface area contributed by atoms with Gasteiger partial charge in [-0.3, -0.25) is 9.59 Å². The summed E-state index contributed by atoms with van der Waals surface area (Å²) in [6.07, 6.45) is 2.15. The number of carbonyl (C=O) groups excluding carboxylic acids is 2. The molecule has 0 spiro atoms. The molecule has 1 atom stereocenters. The largest absolute Gasteiger partial charge is 0.342 e. The zero-order valence-electron chi connectivity index (χ0n) is 12.2. The number of benzene rings is 1. The molecule has 0 radical (unpaired) electrons. The Bertz CT molecular complexity index is 555. The predicted octanol–water partition coefficient (Wildman–Crippen LogP) is 2.09. The van der Waals surface area contributed by atoms with Crippen LogP contribution >= 0.6 is 11.6 Å². The summed E-state index contributed by atoms with van der Waals surface area (Å²) < 4.78 is 0. The molecule has 5 heteroatoms. The third-order valence-corrected chi connectivity index (χ3v) is 3.94.